The van der Waals surface area contributed by atoms with Gasteiger partial charge in [-0.15, -0.1) is 5.10 Å². The van der Waals surface area contributed by atoms with E-state index in [1.165, 1.54) is 0 Å². The quantitative estimate of drug-likeness (QED) is 0.868. The van der Waals surface area contributed by atoms with Gasteiger partial charge < -0.3 is 10.4 Å². The highest BCUT2D eigenvalue weighted by Gasteiger charge is 2.17. The van der Waals surface area contributed by atoms with Crippen LogP contribution in [0.4, 0.5) is 0 Å². The maximum absolute atomic E-state index is 11.8. The van der Waals surface area contributed by atoms with Crippen LogP contribution in [0, 0.1) is 0 Å². The third-order valence-corrected chi connectivity index (χ3v) is 2.99. The third kappa shape index (κ3) is 2.97. The number of amides is 1. The third-order valence-electron chi connectivity index (χ3n) is 2.67. The van der Waals surface area contributed by atoms with Gasteiger partial charge in [0.25, 0.3) is 5.91 Å². The predicted octanol–water partition coefficient (Wildman–Crippen LogP) is 1.21. The molecule has 0 saturated heterocycles. The number of para-hydroxylation sites is 1. The van der Waals surface area contributed by atoms with Gasteiger partial charge in [0, 0.05) is 13.0 Å². The summed E-state index contributed by atoms with van der Waals surface area (Å²) >= 11 is 6.14. The second-order valence-electron chi connectivity index (χ2n) is 4.05. The molecule has 0 unspecified atom stereocenters. The normalized spacial score (nSPS) is 10.6. The monoisotopic (exact) mass is 294 g/mol. The van der Waals surface area contributed by atoms with Gasteiger partial charge in [-0.05, 0) is 12.1 Å². The van der Waals surface area contributed by atoms with Gasteiger partial charge in [-0.3, -0.25) is 4.79 Å². The van der Waals surface area contributed by atoms with Crippen molar-refractivity contribution in [2.24, 2.45) is 0 Å². The van der Waals surface area contributed by atoms with Crippen molar-refractivity contribution in [2.45, 2.75) is 13.3 Å². The van der Waals surface area contributed by atoms with Gasteiger partial charge in [-0.25, -0.2) is 9.67 Å². The Bertz CT molecular complexity index is 612. The number of aromatic nitrogens is 3. The van der Waals surface area contributed by atoms with Crippen molar-refractivity contribution in [3.63, 3.8) is 0 Å². The molecule has 1 aromatic carbocycles. The molecule has 0 aliphatic heterocycles. The first-order chi connectivity index (χ1) is 9.67. The van der Waals surface area contributed by atoms with Crippen molar-refractivity contribution < 1.29 is 9.90 Å². The standard InChI is InChI=1S/C13H15ClN4O2/c1-2-11-16-12(13(20)15-7-8-19)17-18(11)10-6-4-3-5-9(10)14/h3-6,19H,2,7-8H2,1H3,(H,15,20). The van der Waals surface area contributed by atoms with Crippen LogP contribution in [0.3, 0.4) is 0 Å². The van der Waals surface area contributed by atoms with E-state index in [9.17, 15) is 4.79 Å². The van der Waals surface area contributed by atoms with Crippen LogP contribution in [0.25, 0.3) is 5.69 Å². The van der Waals surface area contributed by atoms with E-state index in [1.807, 2.05) is 25.1 Å². The number of aryl methyl sites for hydroxylation is 1. The zero-order valence-corrected chi connectivity index (χ0v) is 11.8. The van der Waals surface area contributed by atoms with Gasteiger partial charge in [0.15, 0.2) is 0 Å². The van der Waals surface area contributed by atoms with E-state index in [0.29, 0.717) is 23.0 Å². The van der Waals surface area contributed by atoms with Crippen LogP contribution >= 0.6 is 11.6 Å². The number of hydrogen-bond donors (Lipinski definition) is 2. The molecule has 106 valence electrons. The number of carbonyl (C=O) groups excluding carboxylic acids is 1. The Morgan fingerprint density at radius 1 is 1.45 bits per heavy atom. The summed E-state index contributed by atoms with van der Waals surface area (Å²) in [5, 5.41) is 16.0. The molecule has 1 aromatic heterocycles. The zero-order chi connectivity index (χ0) is 14.5. The lowest BCUT2D eigenvalue weighted by atomic mass is 10.3. The van der Waals surface area contributed by atoms with Gasteiger partial charge in [-0.1, -0.05) is 30.7 Å². The van der Waals surface area contributed by atoms with Crippen LogP contribution in [-0.2, 0) is 6.42 Å². The topological polar surface area (TPSA) is 80.0 Å². The number of aliphatic hydroxyl groups excluding tert-OH is 1. The summed E-state index contributed by atoms with van der Waals surface area (Å²) in [6.45, 7) is 1.96. The van der Waals surface area contributed by atoms with Crippen molar-refractivity contribution in [1.82, 2.24) is 20.1 Å². The minimum atomic E-state index is -0.417. The molecular weight excluding hydrogens is 280 g/mol. The predicted molar refractivity (Wildman–Crippen MR) is 75.2 cm³/mol. The highest BCUT2D eigenvalue weighted by Crippen LogP contribution is 2.20. The van der Waals surface area contributed by atoms with Crippen molar-refractivity contribution in [2.75, 3.05) is 13.2 Å². The highest BCUT2D eigenvalue weighted by molar-refractivity contribution is 6.32. The number of hydrogen-bond acceptors (Lipinski definition) is 4. The summed E-state index contributed by atoms with van der Waals surface area (Å²) in [7, 11) is 0. The molecule has 2 rings (SSSR count). The second-order valence-corrected chi connectivity index (χ2v) is 4.46. The fourth-order valence-corrected chi connectivity index (χ4v) is 1.95. The molecule has 0 radical (unpaired) electrons. The van der Waals surface area contributed by atoms with Crippen LogP contribution in [0.2, 0.25) is 5.02 Å². The van der Waals surface area contributed by atoms with E-state index < -0.39 is 5.91 Å². The largest absolute Gasteiger partial charge is 0.395 e. The van der Waals surface area contributed by atoms with E-state index in [0.717, 1.165) is 0 Å². The van der Waals surface area contributed by atoms with Gasteiger partial charge in [0.1, 0.15) is 5.82 Å². The maximum Gasteiger partial charge on any atom is 0.291 e. The summed E-state index contributed by atoms with van der Waals surface area (Å²) in [6.07, 6.45) is 0.617. The first kappa shape index (κ1) is 14.5. The lowest BCUT2D eigenvalue weighted by Gasteiger charge is -2.05. The molecule has 7 heteroatoms. The van der Waals surface area contributed by atoms with Crippen LogP contribution in [0.5, 0.6) is 0 Å². The van der Waals surface area contributed by atoms with Crippen molar-refractivity contribution >= 4 is 17.5 Å². The van der Waals surface area contributed by atoms with Gasteiger partial charge in [-0.2, -0.15) is 0 Å². The number of carbonyl (C=O) groups is 1. The molecule has 0 fully saturated rings. The number of nitrogens with zero attached hydrogens (tertiary/aromatic N) is 3. The smallest absolute Gasteiger partial charge is 0.291 e. The molecule has 20 heavy (non-hydrogen) atoms. The Kier molecular flexibility index (Phi) is 4.70. The van der Waals surface area contributed by atoms with E-state index in [1.54, 1.807) is 10.7 Å². The molecular formula is C13H15ClN4O2. The molecule has 1 heterocycles. The Morgan fingerprint density at radius 2 is 2.20 bits per heavy atom. The SMILES string of the molecule is CCc1nc(C(=O)NCCO)nn1-c1ccccc1Cl. The lowest BCUT2D eigenvalue weighted by Crippen LogP contribution is -2.27. The number of rotatable bonds is 5. The number of benzene rings is 1. The van der Waals surface area contributed by atoms with Gasteiger partial charge in [0.05, 0.1) is 17.3 Å². The molecule has 6 nitrogen and oxygen atoms in total. The summed E-state index contributed by atoms with van der Waals surface area (Å²) in [5.74, 6) is 0.294. The van der Waals surface area contributed by atoms with Crippen LogP contribution in [0.15, 0.2) is 24.3 Å². The molecule has 1 amide bonds. The Hall–Kier alpha value is -1.92. The highest BCUT2D eigenvalue weighted by atomic mass is 35.5. The van der Waals surface area contributed by atoms with Crippen LogP contribution < -0.4 is 5.32 Å². The molecule has 0 bridgehead atoms. The molecule has 0 aliphatic rings. The molecule has 0 aliphatic carbocycles. The van der Waals surface area contributed by atoms with Crippen molar-refractivity contribution in [3.05, 3.63) is 40.9 Å². The molecule has 0 spiro atoms. The first-order valence-corrected chi connectivity index (χ1v) is 6.65. The van der Waals surface area contributed by atoms with Gasteiger partial charge >= 0.3 is 0 Å². The second kappa shape index (κ2) is 6.49. The number of aliphatic hydroxyl groups is 1. The fourth-order valence-electron chi connectivity index (χ4n) is 1.73. The fraction of sp³-hybridized carbons (Fsp3) is 0.308. The van der Waals surface area contributed by atoms with Gasteiger partial charge in [0.2, 0.25) is 5.82 Å². The van der Waals surface area contributed by atoms with E-state index in [4.69, 9.17) is 16.7 Å². The first-order valence-electron chi connectivity index (χ1n) is 6.27. The summed E-state index contributed by atoms with van der Waals surface area (Å²) in [6, 6.07) is 7.23. The average Bonchev–Trinajstić information content (AvgIpc) is 2.89. The molecule has 2 N–H and O–H groups in total. The van der Waals surface area contributed by atoms with Crippen molar-refractivity contribution in [3.8, 4) is 5.69 Å². The van der Waals surface area contributed by atoms with E-state index in [2.05, 4.69) is 15.4 Å². The van der Waals surface area contributed by atoms with Crippen molar-refractivity contribution in [1.29, 1.82) is 0 Å². The Balaban J connectivity index is 2.37. The number of nitrogens with one attached hydrogen (secondary N) is 1. The lowest BCUT2D eigenvalue weighted by molar-refractivity contribution is 0.0934. The minimum absolute atomic E-state index is 0.0650. The minimum Gasteiger partial charge on any atom is -0.395 e. The average molecular weight is 295 g/mol. The summed E-state index contributed by atoms with van der Waals surface area (Å²) in [4.78, 5) is 16.0. The summed E-state index contributed by atoms with van der Waals surface area (Å²) in [5.41, 5.74) is 0.680. The maximum atomic E-state index is 11.8. The van der Waals surface area contributed by atoms with E-state index in [-0.39, 0.29) is 19.0 Å². The molecule has 0 saturated carbocycles. The van der Waals surface area contributed by atoms with E-state index >= 15 is 0 Å². The Morgan fingerprint density at radius 3 is 2.85 bits per heavy atom. The zero-order valence-electron chi connectivity index (χ0n) is 11.0. The van der Waals surface area contributed by atoms with Crippen LogP contribution in [-0.4, -0.2) is 38.9 Å². The van der Waals surface area contributed by atoms with Crippen LogP contribution in [0.1, 0.15) is 23.4 Å². The molecule has 2 aromatic rings. The number of halogens is 1. The molecule has 0 atom stereocenters. The Labute approximate surface area is 121 Å². The summed E-state index contributed by atoms with van der Waals surface area (Å²) < 4.78 is 1.57.